The summed E-state index contributed by atoms with van der Waals surface area (Å²) < 4.78 is 32.6. The molecule has 1 N–H and O–H groups in total. The summed E-state index contributed by atoms with van der Waals surface area (Å²) in [5.41, 5.74) is 5.42. The average Bonchev–Trinajstić information content (AvgIpc) is 3.49. The molecule has 1 saturated heterocycles. The second-order valence-corrected chi connectivity index (χ2v) is 11.8. The van der Waals surface area contributed by atoms with Crippen molar-refractivity contribution in [3.05, 3.63) is 45.8 Å². The minimum absolute atomic E-state index is 0.131. The van der Waals surface area contributed by atoms with Gasteiger partial charge in [-0.1, -0.05) is 13.0 Å². The quantitative estimate of drug-likeness (QED) is 0.301. The van der Waals surface area contributed by atoms with Crippen molar-refractivity contribution in [1.29, 1.82) is 5.26 Å². The number of benzene rings is 2. The van der Waals surface area contributed by atoms with Crippen LogP contribution in [0.1, 0.15) is 47.6 Å². The molecule has 0 aliphatic carbocycles. The van der Waals surface area contributed by atoms with Crippen LogP contribution in [0.15, 0.2) is 12.1 Å². The summed E-state index contributed by atoms with van der Waals surface area (Å²) in [5, 5.41) is 14.3. The molecule has 234 valence electrons. The molecule has 3 aromatic rings. The predicted octanol–water partition coefficient (Wildman–Crippen LogP) is 4.24. The maximum Gasteiger partial charge on any atom is 0.319 e. The number of aryl methyl sites for hydroxylation is 1. The number of fused-ring (bicyclic) bond motifs is 3. The number of nitrogens with zero attached hydrogens (tertiary/aromatic N) is 5. The Morgan fingerprint density at radius 1 is 1.30 bits per heavy atom. The lowest BCUT2D eigenvalue weighted by Crippen LogP contribution is -2.42. The molecule has 0 saturated carbocycles. The minimum Gasteiger partial charge on any atom is -0.461 e. The van der Waals surface area contributed by atoms with Gasteiger partial charge in [0.1, 0.15) is 36.7 Å². The van der Waals surface area contributed by atoms with Crippen molar-refractivity contribution in [2.24, 2.45) is 0 Å². The van der Waals surface area contributed by atoms with Crippen LogP contribution >= 0.6 is 0 Å². The summed E-state index contributed by atoms with van der Waals surface area (Å²) in [6, 6.07) is 5.00. The third-order valence-corrected chi connectivity index (χ3v) is 8.42. The van der Waals surface area contributed by atoms with Crippen LogP contribution in [0.5, 0.6) is 6.01 Å². The zero-order valence-electron chi connectivity index (χ0n) is 26.2. The lowest BCUT2D eigenvalue weighted by atomic mass is 9.85. The van der Waals surface area contributed by atoms with E-state index in [-0.39, 0.29) is 24.3 Å². The summed E-state index contributed by atoms with van der Waals surface area (Å²) in [6.07, 6.45) is 2.82. The summed E-state index contributed by atoms with van der Waals surface area (Å²) in [6.45, 7) is 7.64. The van der Waals surface area contributed by atoms with Gasteiger partial charge in [-0.3, -0.25) is 0 Å². The number of nitriles is 1. The molecule has 44 heavy (non-hydrogen) atoms. The summed E-state index contributed by atoms with van der Waals surface area (Å²) in [4.78, 5) is 26.3. The molecule has 2 aliphatic rings. The monoisotopic (exact) mass is 604 g/mol. The van der Waals surface area contributed by atoms with Crippen LogP contribution in [0.2, 0.25) is 0 Å². The van der Waals surface area contributed by atoms with Crippen molar-refractivity contribution in [2.75, 3.05) is 59.3 Å². The van der Waals surface area contributed by atoms with E-state index in [0.29, 0.717) is 55.1 Å². The van der Waals surface area contributed by atoms with Crippen LogP contribution < -0.4 is 10.1 Å². The van der Waals surface area contributed by atoms with Gasteiger partial charge in [-0.2, -0.15) is 15.2 Å². The van der Waals surface area contributed by atoms with Crippen LogP contribution in [0.4, 0.5) is 10.2 Å². The summed E-state index contributed by atoms with van der Waals surface area (Å²) in [5.74, 6) is 0.0821. The molecule has 1 fully saturated rings. The zero-order valence-corrected chi connectivity index (χ0v) is 26.2. The molecule has 0 bridgehead atoms. The fourth-order valence-electron chi connectivity index (χ4n) is 6.11. The number of carbonyl (C=O) groups excluding carboxylic acids is 1. The van der Waals surface area contributed by atoms with Crippen molar-refractivity contribution in [2.45, 2.75) is 58.5 Å². The van der Waals surface area contributed by atoms with E-state index in [9.17, 15) is 14.4 Å². The first kappa shape index (κ1) is 31.7. The molecular formula is C33H41FN6O4. The molecule has 2 atom stereocenters. The van der Waals surface area contributed by atoms with E-state index in [0.717, 1.165) is 60.0 Å². The van der Waals surface area contributed by atoms with Gasteiger partial charge in [0, 0.05) is 29.6 Å². The Balaban J connectivity index is 1.67. The highest BCUT2D eigenvalue weighted by molar-refractivity contribution is 6.01. The Morgan fingerprint density at radius 3 is 2.80 bits per heavy atom. The third kappa shape index (κ3) is 6.54. The van der Waals surface area contributed by atoms with E-state index in [1.54, 1.807) is 13.0 Å². The number of hydrogen-bond acceptors (Lipinski definition) is 10. The van der Waals surface area contributed by atoms with Crippen molar-refractivity contribution in [3.63, 3.8) is 0 Å². The molecule has 2 aliphatic heterocycles. The van der Waals surface area contributed by atoms with Gasteiger partial charge in [0.05, 0.1) is 36.9 Å². The first-order valence-corrected chi connectivity index (χ1v) is 15.2. The Labute approximate surface area is 258 Å². The lowest BCUT2D eigenvalue weighted by molar-refractivity contribution is -0.108. The Bertz CT molecular complexity index is 1570. The van der Waals surface area contributed by atoms with Crippen LogP contribution in [0.25, 0.3) is 22.0 Å². The number of hydrogen-bond donors (Lipinski definition) is 1. The Kier molecular flexibility index (Phi) is 10.1. The number of nitrogens with one attached hydrogen (secondary N) is 1. The van der Waals surface area contributed by atoms with E-state index < -0.39 is 11.9 Å². The number of aromatic nitrogens is 2. The van der Waals surface area contributed by atoms with Gasteiger partial charge in [0.15, 0.2) is 0 Å². The highest BCUT2D eigenvalue weighted by atomic mass is 19.1. The van der Waals surface area contributed by atoms with Crippen LogP contribution in [0, 0.1) is 24.1 Å². The lowest BCUT2D eigenvalue weighted by Gasteiger charge is -2.29. The molecule has 2 aromatic carbocycles. The standard InChI is InChI=1S/C33H41FN6O4/c1-6-23-29(24-9-10-28(34)20(2)25(24)14-35)26-18-42-19-27(26)30-31(23)37-33(44-17-22-15-40(5)12-13-43-22)38-32(30)36-21(16-41)8-7-11-39(3)4/h9-10,16,21-22H,6-8,11-13,15,17-19H2,1-5H3,(H,36,37,38). The summed E-state index contributed by atoms with van der Waals surface area (Å²) in [7, 11) is 6.06. The second-order valence-electron chi connectivity index (χ2n) is 11.8. The molecule has 0 spiro atoms. The average molecular weight is 605 g/mol. The smallest absolute Gasteiger partial charge is 0.319 e. The van der Waals surface area contributed by atoms with E-state index >= 15 is 0 Å². The number of halogens is 1. The second kappa shape index (κ2) is 13.9. The van der Waals surface area contributed by atoms with Crippen molar-refractivity contribution in [3.8, 4) is 23.2 Å². The van der Waals surface area contributed by atoms with E-state index in [1.807, 2.05) is 28.1 Å². The maximum atomic E-state index is 14.6. The van der Waals surface area contributed by atoms with Crippen LogP contribution in [-0.2, 0) is 33.9 Å². The molecule has 0 radical (unpaired) electrons. The van der Waals surface area contributed by atoms with Gasteiger partial charge >= 0.3 is 6.01 Å². The minimum atomic E-state index is -0.469. The van der Waals surface area contributed by atoms with Gasteiger partial charge in [-0.25, -0.2) is 4.39 Å². The topological polar surface area (TPSA) is 113 Å². The van der Waals surface area contributed by atoms with Crippen molar-refractivity contribution < 1.29 is 23.4 Å². The number of carbonyl (C=O) groups is 1. The molecule has 0 amide bonds. The fraction of sp³-hybridized carbons (Fsp3) is 0.515. The molecule has 5 rings (SSSR count). The molecular weight excluding hydrogens is 563 g/mol. The van der Waals surface area contributed by atoms with E-state index in [2.05, 4.69) is 21.2 Å². The zero-order chi connectivity index (χ0) is 31.4. The van der Waals surface area contributed by atoms with Crippen molar-refractivity contribution in [1.82, 2.24) is 19.8 Å². The number of rotatable bonds is 12. The molecule has 1 aromatic heterocycles. The fourth-order valence-corrected chi connectivity index (χ4v) is 6.11. The van der Waals surface area contributed by atoms with Crippen molar-refractivity contribution >= 4 is 23.0 Å². The first-order chi connectivity index (χ1) is 21.2. The number of anilines is 1. The summed E-state index contributed by atoms with van der Waals surface area (Å²) >= 11 is 0. The molecule has 3 heterocycles. The first-order valence-electron chi connectivity index (χ1n) is 15.2. The largest absolute Gasteiger partial charge is 0.461 e. The van der Waals surface area contributed by atoms with E-state index in [1.165, 1.54) is 6.07 Å². The SMILES string of the molecule is CCc1c(-c2ccc(F)c(C)c2C#N)c2c(c3c(NC(C=O)CCCN(C)C)nc(OCC4CN(C)CCO4)nc13)COC2. The number of ether oxygens (including phenoxy) is 3. The van der Waals surface area contributed by atoms with E-state index in [4.69, 9.17) is 24.2 Å². The Hall–Kier alpha value is -3.69. The van der Waals surface area contributed by atoms with Gasteiger partial charge < -0.3 is 34.1 Å². The highest BCUT2D eigenvalue weighted by Crippen LogP contribution is 2.44. The van der Waals surface area contributed by atoms with Gasteiger partial charge in [0.2, 0.25) is 0 Å². The molecule has 2 unspecified atom stereocenters. The molecule has 10 nitrogen and oxygen atoms in total. The van der Waals surface area contributed by atoms with Gasteiger partial charge in [0.25, 0.3) is 0 Å². The number of morpholine rings is 1. The highest BCUT2D eigenvalue weighted by Gasteiger charge is 2.30. The maximum absolute atomic E-state index is 14.6. The van der Waals surface area contributed by atoms with Crippen LogP contribution in [-0.4, -0.2) is 92.2 Å². The normalized spacial score (nSPS) is 17.5. The number of likely N-dealkylation sites (N-methyl/N-ethyl adjacent to an activating group) is 1. The third-order valence-electron chi connectivity index (χ3n) is 8.42. The number of aldehydes is 1. The van der Waals surface area contributed by atoms with Crippen LogP contribution in [0.3, 0.4) is 0 Å². The Morgan fingerprint density at radius 2 is 2.09 bits per heavy atom. The predicted molar refractivity (Wildman–Crippen MR) is 166 cm³/mol. The van der Waals surface area contributed by atoms with Gasteiger partial charge in [-0.05, 0) is 82.2 Å². The molecule has 11 heteroatoms. The van der Waals surface area contributed by atoms with Gasteiger partial charge in [-0.15, -0.1) is 0 Å².